The van der Waals surface area contributed by atoms with Gasteiger partial charge in [0.05, 0.1) is 0 Å². The zero-order chi connectivity index (χ0) is 14.5. The third-order valence-electron chi connectivity index (χ3n) is 3.91. The molecule has 19 heavy (non-hydrogen) atoms. The van der Waals surface area contributed by atoms with E-state index >= 15 is 0 Å². The first-order chi connectivity index (χ1) is 8.85. The number of carbonyl (C=O) groups excluding carboxylic acids is 2. The molecule has 2 amide bonds. The Kier molecular flexibility index (Phi) is 5.79. The van der Waals surface area contributed by atoms with E-state index in [0.29, 0.717) is 39.1 Å². The lowest BCUT2D eigenvalue weighted by molar-refractivity contribution is -0.138. The normalized spacial score (nSPS) is 16.6. The minimum absolute atomic E-state index is 0.0937. The smallest absolute Gasteiger partial charge is 0.222 e. The molecule has 0 unspecified atom stereocenters. The number of piperazine rings is 1. The van der Waals surface area contributed by atoms with Gasteiger partial charge in [-0.2, -0.15) is 0 Å². The Balaban J connectivity index is 2.34. The molecular weight excluding hydrogens is 242 g/mol. The zero-order valence-electron chi connectivity index (χ0n) is 12.4. The average molecular weight is 269 g/mol. The van der Waals surface area contributed by atoms with Crippen LogP contribution in [0.2, 0.25) is 0 Å². The Hall–Kier alpha value is -1.10. The van der Waals surface area contributed by atoms with E-state index in [1.54, 1.807) is 11.8 Å². The zero-order valence-corrected chi connectivity index (χ0v) is 12.4. The Bertz CT molecular complexity index is 321. The molecule has 0 bridgehead atoms. The Labute approximate surface area is 116 Å². The van der Waals surface area contributed by atoms with E-state index in [1.807, 2.05) is 4.90 Å². The predicted octanol–water partition coefficient (Wildman–Crippen LogP) is 0.832. The number of amides is 2. The molecule has 0 aliphatic carbocycles. The predicted molar refractivity (Wildman–Crippen MR) is 75.5 cm³/mol. The maximum Gasteiger partial charge on any atom is 0.222 e. The Morgan fingerprint density at radius 1 is 1.05 bits per heavy atom. The van der Waals surface area contributed by atoms with Gasteiger partial charge in [-0.1, -0.05) is 13.8 Å². The number of carbonyl (C=O) groups is 2. The van der Waals surface area contributed by atoms with Crippen LogP contribution in [0.5, 0.6) is 0 Å². The van der Waals surface area contributed by atoms with Crippen LogP contribution in [0.1, 0.15) is 40.0 Å². The Morgan fingerprint density at radius 3 is 2.05 bits per heavy atom. The largest absolute Gasteiger partial charge is 0.339 e. The van der Waals surface area contributed by atoms with Gasteiger partial charge in [-0.25, -0.2) is 0 Å². The van der Waals surface area contributed by atoms with E-state index in [0.717, 1.165) is 12.8 Å². The van der Waals surface area contributed by atoms with Crippen molar-refractivity contribution in [1.29, 1.82) is 0 Å². The molecule has 0 saturated carbocycles. The summed E-state index contributed by atoms with van der Waals surface area (Å²) in [7, 11) is 0. The third kappa shape index (κ3) is 5.19. The SMILES string of the molecule is CC(=O)N1CCN(C(=O)CCC(C)(C)CCN)CC1. The van der Waals surface area contributed by atoms with Crippen LogP contribution in [0, 0.1) is 5.41 Å². The second-order valence-corrected chi connectivity index (χ2v) is 6.09. The minimum Gasteiger partial charge on any atom is -0.339 e. The summed E-state index contributed by atoms with van der Waals surface area (Å²) >= 11 is 0. The fourth-order valence-corrected chi connectivity index (χ4v) is 2.39. The average Bonchev–Trinajstić information content (AvgIpc) is 2.36. The fourth-order valence-electron chi connectivity index (χ4n) is 2.39. The highest BCUT2D eigenvalue weighted by Crippen LogP contribution is 2.26. The topological polar surface area (TPSA) is 66.6 Å². The molecule has 1 saturated heterocycles. The summed E-state index contributed by atoms with van der Waals surface area (Å²) in [4.78, 5) is 27.0. The van der Waals surface area contributed by atoms with Gasteiger partial charge in [0.15, 0.2) is 0 Å². The maximum absolute atomic E-state index is 12.1. The van der Waals surface area contributed by atoms with Gasteiger partial charge in [-0.15, -0.1) is 0 Å². The van der Waals surface area contributed by atoms with Crippen LogP contribution in [0.3, 0.4) is 0 Å². The molecule has 2 N–H and O–H groups in total. The van der Waals surface area contributed by atoms with Crippen molar-refractivity contribution in [1.82, 2.24) is 9.80 Å². The van der Waals surface area contributed by atoms with Crippen molar-refractivity contribution >= 4 is 11.8 Å². The van der Waals surface area contributed by atoms with Gasteiger partial charge in [0.25, 0.3) is 0 Å². The van der Waals surface area contributed by atoms with Crippen molar-refractivity contribution in [2.45, 2.75) is 40.0 Å². The van der Waals surface area contributed by atoms with Crippen LogP contribution in [0.4, 0.5) is 0 Å². The number of nitrogens with two attached hydrogens (primary N) is 1. The molecule has 0 atom stereocenters. The van der Waals surface area contributed by atoms with E-state index in [1.165, 1.54) is 0 Å². The highest BCUT2D eigenvalue weighted by Gasteiger charge is 2.24. The van der Waals surface area contributed by atoms with Gasteiger partial charge < -0.3 is 15.5 Å². The van der Waals surface area contributed by atoms with Gasteiger partial charge in [0.1, 0.15) is 0 Å². The van der Waals surface area contributed by atoms with Crippen molar-refractivity contribution in [3.63, 3.8) is 0 Å². The molecule has 1 fully saturated rings. The first-order valence-electron chi connectivity index (χ1n) is 7.09. The lowest BCUT2D eigenvalue weighted by atomic mass is 9.84. The van der Waals surface area contributed by atoms with Crippen molar-refractivity contribution in [2.24, 2.45) is 11.1 Å². The van der Waals surface area contributed by atoms with Crippen LogP contribution in [0.25, 0.3) is 0 Å². The van der Waals surface area contributed by atoms with E-state index in [4.69, 9.17) is 5.73 Å². The van der Waals surface area contributed by atoms with Crippen LogP contribution < -0.4 is 5.73 Å². The van der Waals surface area contributed by atoms with Crippen LogP contribution in [-0.2, 0) is 9.59 Å². The maximum atomic E-state index is 12.1. The molecule has 0 spiro atoms. The van der Waals surface area contributed by atoms with Crippen LogP contribution >= 0.6 is 0 Å². The highest BCUT2D eigenvalue weighted by molar-refractivity contribution is 5.77. The molecule has 1 aliphatic rings. The fraction of sp³-hybridized carbons (Fsp3) is 0.857. The first-order valence-corrected chi connectivity index (χ1v) is 7.09. The second-order valence-electron chi connectivity index (χ2n) is 6.09. The van der Waals surface area contributed by atoms with Crippen molar-refractivity contribution in [3.8, 4) is 0 Å². The van der Waals surface area contributed by atoms with E-state index in [-0.39, 0.29) is 17.2 Å². The molecular formula is C14H27N3O2. The quantitative estimate of drug-likeness (QED) is 0.804. The lowest BCUT2D eigenvalue weighted by Crippen LogP contribution is -2.50. The first kappa shape index (κ1) is 16.0. The summed E-state index contributed by atoms with van der Waals surface area (Å²) in [6, 6.07) is 0. The number of nitrogens with zero attached hydrogens (tertiary/aromatic N) is 2. The van der Waals surface area contributed by atoms with Gasteiger partial charge in [0, 0.05) is 39.5 Å². The molecule has 0 radical (unpaired) electrons. The minimum atomic E-state index is 0.0937. The summed E-state index contributed by atoms with van der Waals surface area (Å²) in [6.07, 6.45) is 2.39. The van der Waals surface area contributed by atoms with E-state index in [9.17, 15) is 9.59 Å². The molecule has 1 aliphatic heterocycles. The number of hydrogen-bond donors (Lipinski definition) is 1. The molecule has 1 rings (SSSR count). The van der Waals surface area contributed by atoms with E-state index < -0.39 is 0 Å². The van der Waals surface area contributed by atoms with Crippen LogP contribution in [-0.4, -0.2) is 54.3 Å². The highest BCUT2D eigenvalue weighted by atomic mass is 16.2. The second kappa shape index (κ2) is 6.89. The summed E-state index contributed by atoms with van der Waals surface area (Å²) in [6.45, 7) is 9.19. The molecule has 0 aromatic heterocycles. The van der Waals surface area contributed by atoms with Gasteiger partial charge in [-0.05, 0) is 24.8 Å². The molecule has 1 heterocycles. The summed E-state index contributed by atoms with van der Waals surface area (Å²) < 4.78 is 0. The molecule has 0 aromatic carbocycles. The molecule has 110 valence electrons. The van der Waals surface area contributed by atoms with E-state index in [2.05, 4.69) is 13.8 Å². The van der Waals surface area contributed by atoms with Gasteiger partial charge in [0.2, 0.25) is 11.8 Å². The van der Waals surface area contributed by atoms with Gasteiger partial charge in [-0.3, -0.25) is 9.59 Å². The monoisotopic (exact) mass is 269 g/mol. The standard InChI is InChI=1S/C14H27N3O2/c1-12(18)16-8-10-17(11-9-16)13(19)4-5-14(2,3)6-7-15/h4-11,15H2,1-3H3. The summed E-state index contributed by atoms with van der Waals surface area (Å²) in [5.74, 6) is 0.296. The van der Waals surface area contributed by atoms with Gasteiger partial charge >= 0.3 is 0 Å². The van der Waals surface area contributed by atoms with Crippen LogP contribution in [0.15, 0.2) is 0 Å². The third-order valence-corrected chi connectivity index (χ3v) is 3.91. The molecule has 0 aromatic rings. The van der Waals surface area contributed by atoms with Crippen molar-refractivity contribution in [3.05, 3.63) is 0 Å². The molecule has 5 nitrogen and oxygen atoms in total. The summed E-state index contributed by atoms with van der Waals surface area (Å²) in [5.41, 5.74) is 5.71. The Morgan fingerprint density at radius 2 is 1.58 bits per heavy atom. The van der Waals surface area contributed by atoms with Crippen molar-refractivity contribution in [2.75, 3.05) is 32.7 Å². The number of hydrogen-bond acceptors (Lipinski definition) is 3. The molecule has 5 heteroatoms. The number of rotatable bonds is 5. The summed E-state index contributed by atoms with van der Waals surface area (Å²) in [5, 5.41) is 0. The van der Waals surface area contributed by atoms with Crippen molar-refractivity contribution < 1.29 is 9.59 Å². The lowest BCUT2D eigenvalue weighted by Gasteiger charge is -2.35.